The Hall–Kier alpha value is -1.38. The highest BCUT2D eigenvalue weighted by Gasteiger charge is 2.10. The monoisotopic (exact) mass is 166 g/mol. The number of pyridine rings is 1. The maximum absolute atomic E-state index is 11.0. The van der Waals surface area contributed by atoms with E-state index in [2.05, 4.69) is 4.74 Å². The van der Waals surface area contributed by atoms with Gasteiger partial charge in [-0.2, -0.15) is 0 Å². The molecule has 0 atom stereocenters. The third-order valence-corrected chi connectivity index (χ3v) is 1.81. The molecule has 0 bridgehead atoms. The first kappa shape index (κ1) is 8.71. The van der Waals surface area contributed by atoms with Crippen LogP contribution in [0.15, 0.2) is 18.3 Å². The molecule has 0 amide bonds. The maximum Gasteiger partial charge on any atom is 0.343 e. The van der Waals surface area contributed by atoms with Gasteiger partial charge in [-0.1, -0.05) is 0 Å². The van der Waals surface area contributed by atoms with Crippen molar-refractivity contribution in [2.75, 3.05) is 7.11 Å². The molecule has 0 spiro atoms. The van der Waals surface area contributed by atoms with E-state index in [0.717, 1.165) is 5.69 Å². The third kappa shape index (κ3) is 1.61. The highest BCUT2D eigenvalue weighted by Crippen LogP contribution is 1.98. The quantitative estimate of drug-likeness (QED) is 0.452. The standard InChI is InChI=1S/C9H12NO2/c1-7-4-5-8(6-10(7)2)9(11)12-3/h4-6H,1-3H3/q+1. The summed E-state index contributed by atoms with van der Waals surface area (Å²) in [4.78, 5) is 11.0. The molecule has 0 aliphatic heterocycles. The molecule has 1 rings (SSSR count). The molecule has 0 saturated carbocycles. The Bertz CT molecular complexity index is 307. The molecule has 1 aromatic rings. The van der Waals surface area contributed by atoms with Crippen molar-refractivity contribution in [2.45, 2.75) is 6.92 Å². The maximum atomic E-state index is 11.0. The molecular weight excluding hydrogens is 154 g/mol. The molecule has 1 aromatic heterocycles. The average Bonchev–Trinajstić information content (AvgIpc) is 2.08. The highest BCUT2D eigenvalue weighted by molar-refractivity contribution is 5.88. The first-order valence-electron chi connectivity index (χ1n) is 3.69. The van der Waals surface area contributed by atoms with Gasteiger partial charge in [0.25, 0.3) is 0 Å². The predicted octanol–water partition coefficient (Wildman–Crippen LogP) is 0.606. The first-order valence-corrected chi connectivity index (χ1v) is 3.69. The van der Waals surface area contributed by atoms with Gasteiger partial charge in [0.05, 0.1) is 7.11 Å². The SMILES string of the molecule is COC(=O)c1ccc(C)[n+](C)c1. The Morgan fingerprint density at radius 2 is 2.17 bits per heavy atom. The van der Waals surface area contributed by atoms with Crippen molar-refractivity contribution in [3.63, 3.8) is 0 Å². The minimum absolute atomic E-state index is 0.300. The number of methoxy groups -OCH3 is 1. The molecule has 0 N–H and O–H groups in total. The molecule has 0 saturated heterocycles. The summed E-state index contributed by atoms with van der Waals surface area (Å²) < 4.78 is 6.46. The van der Waals surface area contributed by atoms with Crippen molar-refractivity contribution in [3.05, 3.63) is 29.6 Å². The summed E-state index contributed by atoms with van der Waals surface area (Å²) in [6.45, 7) is 1.97. The Kier molecular flexibility index (Phi) is 2.43. The van der Waals surface area contributed by atoms with E-state index in [1.165, 1.54) is 7.11 Å². The summed E-state index contributed by atoms with van der Waals surface area (Å²) in [5.74, 6) is -0.300. The van der Waals surface area contributed by atoms with Crippen LogP contribution in [0.5, 0.6) is 0 Å². The number of nitrogens with zero attached hydrogens (tertiary/aromatic N) is 1. The molecule has 0 aromatic carbocycles. The molecule has 3 nitrogen and oxygen atoms in total. The van der Waals surface area contributed by atoms with Crippen LogP contribution in [0, 0.1) is 6.92 Å². The van der Waals surface area contributed by atoms with Crippen LogP contribution >= 0.6 is 0 Å². The topological polar surface area (TPSA) is 30.2 Å². The van der Waals surface area contributed by atoms with Gasteiger partial charge in [-0.15, -0.1) is 0 Å². The van der Waals surface area contributed by atoms with Gasteiger partial charge in [0.1, 0.15) is 12.6 Å². The summed E-state index contributed by atoms with van der Waals surface area (Å²) in [7, 11) is 3.27. The lowest BCUT2D eigenvalue weighted by atomic mass is 10.2. The van der Waals surface area contributed by atoms with E-state index < -0.39 is 0 Å². The summed E-state index contributed by atoms with van der Waals surface area (Å²) in [5.41, 5.74) is 1.67. The zero-order chi connectivity index (χ0) is 9.14. The fraction of sp³-hybridized carbons (Fsp3) is 0.333. The van der Waals surface area contributed by atoms with E-state index in [1.54, 1.807) is 12.3 Å². The number of rotatable bonds is 1. The minimum Gasteiger partial charge on any atom is -0.465 e. The zero-order valence-electron chi connectivity index (χ0n) is 7.50. The molecule has 1 heterocycles. The van der Waals surface area contributed by atoms with Crippen LogP contribution in [0.25, 0.3) is 0 Å². The number of aromatic nitrogens is 1. The first-order chi connectivity index (χ1) is 5.65. The number of hydrogen-bond acceptors (Lipinski definition) is 2. The Balaban J connectivity index is 3.05. The summed E-state index contributed by atoms with van der Waals surface area (Å²) >= 11 is 0. The molecule has 0 unspecified atom stereocenters. The van der Waals surface area contributed by atoms with Gasteiger partial charge in [0, 0.05) is 13.0 Å². The largest absolute Gasteiger partial charge is 0.465 e. The van der Waals surface area contributed by atoms with E-state index in [9.17, 15) is 4.79 Å². The summed E-state index contributed by atoms with van der Waals surface area (Å²) in [6, 6.07) is 3.63. The van der Waals surface area contributed by atoms with Gasteiger partial charge in [0.15, 0.2) is 11.9 Å². The molecule has 0 radical (unpaired) electrons. The molecule has 64 valence electrons. The second kappa shape index (κ2) is 3.34. The van der Waals surface area contributed by atoms with Crippen LogP contribution < -0.4 is 4.57 Å². The highest BCUT2D eigenvalue weighted by atomic mass is 16.5. The molecule has 0 aliphatic rings. The van der Waals surface area contributed by atoms with Crippen LogP contribution in [0.3, 0.4) is 0 Å². The fourth-order valence-electron chi connectivity index (χ4n) is 0.920. The van der Waals surface area contributed by atoms with E-state index in [0.29, 0.717) is 5.56 Å². The van der Waals surface area contributed by atoms with E-state index in [4.69, 9.17) is 0 Å². The Morgan fingerprint density at radius 1 is 1.50 bits per heavy atom. The van der Waals surface area contributed by atoms with E-state index in [1.807, 2.05) is 24.6 Å². The van der Waals surface area contributed by atoms with E-state index >= 15 is 0 Å². The van der Waals surface area contributed by atoms with Crippen molar-refractivity contribution in [2.24, 2.45) is 7.05 Å². The third-order valence-electron chi connectivity index (χ3n) is 1.81. The molecule has 0 aliphatic carbocycles. The predicted molar refractivity (Wildman–Crippen MR) is 43.7 cm³/mol. The van der Waals surface area contributed by atoms with Crippen molar-refractivity contribution >= 4 is 5.97 Å². The van der Waals surface area contributed by atoms with Gasteiger partial charge >= 0.3 is 5.97 Å². The summed E-state index contributed by atoms with van der Waals surface area (Å²) in [6.07, 6.45) is 1.75. The average molecular weight is 166 g/mol. The van der Waals surface area contributed by atoms with Gasteiger partial charge in [-0.3, -0.25) is 0 Å². The molecule has 3 heteroatoms. The van der Waals surface area contributed by atoms with Crippen molar-refractivity contribution in [1.82, 2.24) is 0 Å². The molecule has 0 fully saturated rings. The van der Waals surface area contributed by atoms with Crippen LogP contribution in [0.2, 0.25) is 0 Å². The zero-order valence-corrected chi connectivity index (χ0v) is 7.50. The Labute approximate surface area is 71.6 Å². The molecule has 12 heavy (non-hydrogen) atoms. The van der Waals surface area contributed by atoms with Crippen LogP contribution in [-0.4, -0.2) is 13.1 Å². The number of carbonyl (C=O) groups excluding carboxylic acids is 1. The van der Waals surface area contributed by atoms with Gasteiger partial charge in [0.2, 0.25) is 0 Å². The van der Waals surface area contributed by atoms with Crippen molar-refractivity contribution < 1.29 is 14.1 Å². The number of aryl methyl sites for hydroxylation is 2. The van der Waals surface area contributed by atoms with Gasteiger partial charge in [-0.25, -0.2) is 9.36 Å². The lowest BCUT2D eigenvalue weighted by Gasteiger charge is -1.97. The summed E-state index contributed by atoms with van der Waals surface area (Å²) in [5, 5.41) is 0. The van der Waals surface area contributed by atoms with Gasteiger partial charge < -0.3 is 4.74 Å². The number of hydrogen-bond donors (Lipinski definition) is 0. The lowest BCUT2D eigenvalue weighted by molar-refractivity contribution is -0.677. The molecular formula is C9H12NO2+. The van der Waals surface area contributed by atoms with Crippen molar-refractivity contribution in [1.29, 1.82) is 0 Å². The van der Waals surface area contributed by atoms with Gasteiger partial charge in [-0.05, 0) is 6.07 Å². The Morgan fingerprint density at radius 3 is 2.67 bits per heavy atom. The lowest BCUT2D eigenvalue weighted by Crippen LogP contribution is -2.32. The normalized spacial score (nSPS) is 9.58. The van der Waals surface area contributed by atoms with Crippen molar-refractivity contribution in [3.8, 4) is 0 Å². The van der Waals surface area contributed by atoms with Crippen LogP contribution in [0.1, 0.15) is 16.1 Å². The second-order valence-electron chi connectivity index (χ2n) is 2.66. The number of carbonyl (C=O) groups is 1. The minimum atomic E-state index is -0.300. The van der Waals surface area contributed by atoms with Crippen LogP contribution in [0.4, 0.5) is 0 Å². The number of esters is 1. The second-order valence-corrected chi connectivity index (χ2v) is 2.66. The van der Waals surface area contributed by atoms with E-state index in [-0.39, 0.29) is 5.97 Å². The van der Waals surface area contributed by atoms with Crippen LogP contribution in [-0.2, 0) is 11.8 Å². The number of ether oxygens (including phenoxy) is 1. The fourth-order valence-corrected chi connectivity index (χ4v) is 0.920. The smallest absolute Gasteiger partial charge is 0.343 e.